The number of thiazole rings is 1. The predicted octanol–water partition coefficient (Wildman–Crippen LogP) is 2.88. The van der Waals surface area contributed by atoms with E-state index in [9.17, 15) is 4.79 Å². The third kappa shape index (κ3) is 4.93. The zero-order valence-electron chi connectivity index (χ0n) is 13.4. The average Bonchev–Trinajstić information content (AvgIpc) is 2.84. The number of aryl methyl sites for hydroxylation is 2. The van der Waals surface area contributed by atoms with Gasteiger partial charge in [-0.25, -0.2) is 4.98 Å². The predicted molar refractivity (Wildman–Crippen MR) is 91.3 cm³/mol. The molecule has 22 heavy (non-hydrogen) atoms. The van der Waals surface area contributed by atoms with Crippen LogP contribution < -0.4 is 5.32 Å². The van der Waals surface area contributed by atoms with Gasteiger partial charge >= 0.3 is 0 Å². The summed E-state index contributed by atoms with van der Waals surface area (Å²) in [6.07, 6.45) is 1.92. The standard InChI is InChI=1S/C17H23N3OS/c1-13-16(22-15(19-13)12-20(2)3)17(21)18-11-7-10-14-8-5-4-6-9-14/h4-6,8-9H,7,10-12H2,1-3H3,(H,18,21). The lowest BCUT2D eigenvalue weighted by molar-refractivity contribution is 0.0956. The van der Waals surface area contributed by atoms with Crippen LogP contribution in [0.3, 0.4) is 0 Å². The fourth-order valence-corrected chi connectivity index (χ4v) is 3.32. The first-order chi connectivity index (χ1) is 10.6. The van der Waals surface area contributed by atoms with Gasteiger partial charge in [0.2, 0.25) is 0 Å². The molecule has 1 aromatic heterocycles. The second-order valence-corrected chi connectivity index (χ2v) is 6.69. The molecule has 0 aliphatic rings. The van der Waals surface area contributed by atoms with Crippen molar-refractivity contribution in [3.05, 3.63) is 51.5 Å². The van der Waals surface area contributed by atoms with Crippen molar-refractivity contribution in [1.82, 2.24) is 15.2 Å². The summed E-state index contributed by atoms with van der Waals surface area (Å²) in [6, 6.07) is 10.3. The summed E-state index contributed by atoms with van der Waals surface area (Å²) < 4.78 is 0. The van der Waals surface area contributed by atoms with Crippen LogP contribution in [0.25, 0.3) is 0 Å². The fourth-order valence-electron chi connectivity index (χ4n) is 2.22. The third-order valence-electron chi connectivity index (χ3n) is 3.27. The van der Waals surface area contributed by atoms with Crippen LogP contribution in [0, 0.1) is 6.92 Å². The molecule has 0 aliphatic heterocycles. The molecule has 1 amide bonds. The molecule has 4 nitrogen and oxygen atoms in total. The van der Waals surface area contributed by atoms with Gasteiger partial charge in [-0.05, 0) is 39.4 Å². The largest absolute Gasteiger partial charge is 0.351 e. The smallest absolute Gasteiger partial charge is 0.263 e. The maximum absolute atomic E-state index is 12.2. The summed E-state index contributed by atoms with van der Waals surface area (Å²) in [5.41, 5.74) is 2.13. The normalized spacial score (nSPS) is 10.9. The highest BCUT2D eigenvalue weighted by Gasteiger charge is 2.15. The first kappa shape index (κ1) is 16.6. The molecular formula is C17H23N3OS. The van der Waals surface area contributed by atoms with Crippen molar-refractivity contribution < 1.29 is 4.79 Å². The van der Waals surface area contributed by atoms with Crippen LogP contribution in [0.5, 0.6) is 0 Å². The highest BCUT2D eigenvalue weighted by Crippen LogP contribution is 2.18. The van der Waals surface area contributed by atoms with E-state index in [-0.39, 0.29) is 5.91 Å². The highest BCUT2D eigenvalue weighted by molar-refractivity contribution is 7.13. The van der Waals surface area contributed by atoms with Gasteiger partial charge in [-0.3, -0.25) is 4.79 Å². The molecule has 0 radical (unpaired) electrons. The average molecular weight is 317 g/mol. The monoisotopic (exact) mass is 317 g/mol. The van der Waals surface area contributed by atoms with Gasteiger partial charge in [-0.2, -0.15) is 0 Å². The SMILES string of the molecule is Cc1nc(CN(C)C)sc1C(=O)NCCCc1ccccc1. The van der Waals surface area contributed by atoms with E-state index in [2.05, 4.69) is 27.3 Å². The quantitative estimate of drug-likeness (QED) is 0.799. The first-order valence-corrected chi connectivity index (χ1v) is 8.31. The molecule has 118 valence electrons. The Morgan fingerprint density at radius 1 is 1.27 bits per heavy atom. The van der Waals surface area contributed by atoms with Gasteiger partial charge in [0.15, 0.2) is 0 Å². The molecule has 0 bridgehead atoms. The fraction of sp³-hybridized carbons (Fsp3) is 0.412. The van der Waals surface area contributed by atoms with E-state index in [4.69, 9.17) is 0 Å². The van der Waals surface area contributed by atoms with Crippen LogP contribution in [0.2, 0.25) is 0 Å². The molecule has 2 rings (SSSR count). The van der Waals surface area contributed by atoms with Gasteiger partial charge in [-0.15, -0.1) is 11.3 Å². The number of nitrogens with one attached hydrogen (secondary N) is 1. The van der Waals surface area contributed by atoms with Crippen molar-refractivity contribution in [3.8, 4) is 0 Å². The third-order valence-corrected chi connectivity index (χ3v) is 4.41. The topological polar surface area (TPSA) is 45.2 Å². The van der Waals surface area contributed by atoms with Crippen molar-refractivity contribution in [3.63, 3.8) is 0 Å². The molecule has 0 fully saturated rings. The molecule has 2 aromatic rings. The Labute approximate surface area is 136 Å². The van der Waals surface area contributed by atoms with Gasteiger partial charge in [0, 0.05) is 13.1 Å². The van der Waals surface area contributed by atoms with Crippen molar-refractivity contribution in [2.24, 2.45) is 0 Å². The van der Waals surface area contributed by atoms with Crippen molar-refractivity contribution in [2.75, 3.05) is 20.6 Å². The van der Waals surface area contributed by atoms with E-state index in [1.54, 1.807) is 0 Å². The number of nitrogens with zero attached hydrogens (tertiary/aromatic N) is 2. The minimum absolute atomic E-state index is 0.00642. The van der Waals surface area contributed by atoms with Crippen LogP contribution in [0.4, 0.5) is 0 Å². The van der Waals surface area contributed by atoms with Crippen molar-refractivity contribution >= 4 is 17.2 Å². The van der Waals surface area contributed by atoms with Crippen LogP contribution in [-0.4, -0.2) is 36.4 Å². The second kappa shape index (κ2) is 8.06. The van der Waals surface area contributed by atoms with Crippen LogP contribution in [0.15, 0.2) is 30.3 Å². The number of carbonyl (C=O) groups excluding carboxylic acids is 1. The number of rotatable bonds is 7. The summed E-state index contributed by atoms with van der Waals surface area (Å²) in [5, 5.41) is 3.98. The first-order valence-electron chi connectivity index (χ1n) is 7.49. The zero-order chi connectivity index (χ0) is 15.9. The molecule has 0 saturated heterocycles. The van der Waals surface area contributed by atoms with E-state index in [1.807, 2.05) is 39.2 Å². The minimum atomic E-state index is -0.00642. The molecule has 5 heteroatoms. The van der Waals surface area contributed by atoms with Gasteiger partial charge < -0.3 is 10.2 Å². The Bertz CT molecular complexity index is 608. The van der Waals surface area contributed by atoms with E-state index < -0.39 is 0 Å². The lowest BCUT2D eigenvalue weighted by atomic mass is 10.1. The molecule has 1 aromatic carbocycles. The van der Waals surface area contributed by atoms with Crippen molar-refractivity contribution in [1.29, 1.82) is 0 Å². The van der Waals surface area contributed by atoms with Crippen LogP contribution >= 0.6 is 11.3 Å². The molecule has 0 unspecified atom stereocenters. The van der Waals surface area contributed by atoms with Crippen molar-refractivity contribution in [2.45, 2.75) is 26.3 Å². The Kier molecular flexibility index (Phi) is 6.10. The molecule has 0 atom stereocenters. The summed E-state index contributed by atoms with van der Waals surface area (Å²) in [6.45, 7) is 3.36. The Morgan fingerprint density at radius 2 is 2.00 bits per heavy atom. The summed E-state index contributed by atoms with van der Waals surface area (Å²) >= 11 is 1.49. The second-order valence-electron chi connectivity index (χ2n) is 5.60. The Hall–Kier alpha value is -1.72. The van der Waals surface area contributed by atoms with E-state index in [0.29, 0.717) is 6.54 Å². The number of benzene rings is 1. The van der Waals surface area contributed by atoms with Gasteiger partial charge in [0.1, 0.15) is 9.88 Å². The molecule has 0 spiro atoms. The zero-order valence-corrected chi connectivity index (χ0v) is 14.2. The highest BCUT2D eigenvalue weighted by atomic mass is 32.1. The van der Waals surface area contributed by atoms with E-state index in [0.717, 1.165) is 35.0 Å². The van der Waals surface area contributed by atoms with E-state index >= 15 is 0 Å². The molecule has 0 aliphatic carbocycles. The maximum Gasteiger partial charge on any atom is 0.263 e. The summed E-state index contributed by atoms with van der Waals surface area (Å²) in [4.78, 5) is 19.5. The van der Waals surface area contributed by atoms with Gasteiger partial charge in [-0.1, -0.05) is 30.3 Å². The summed E-state index contributed by atoms with van der Waals surface area (Å²) in [7, 11) is 4.00. The number of hydrogen-bond acceptors (Lipinski definition) is 4. The van der Waals surface area contributed by atoms with Gasteiger partial charge in [0.25, 0.3) is 5.91 Å². The number of carbonyl (C=O) groups is 1. The summed E-state index contributed by atoms with van der Waals surface area (Å²) in [5.74, 6) is -0.00642. The molecular weight excluding hydrogens is 294 g/mol. The molecule has 1 heterocycles. The Morgan fingerprint density at radius 3 is 2.68 bits per heavy atom. The lowest BCUT2D eigenvalue weighted by Gasteiger charge is -2.05. The number of amides is 1. The van der Waals surface area contributed by atoms with Crippen LogP contribution in [-0.2, 0) is 13.0 Å². The molecule has 0 saturated carbocycles. The lowest BCUT2D eigenvalue weighted by Crippen LogP contribution is -2.24. The van der Waals surface area contributed by atoms with Crippen LogP contribution in [0.1, 0.15) is 32.4 Å². The Balaban J connectivity index is 1.81. The maximum atomic E-state index is 12.2. The molecule has 1 N–H and O–H groups in total. The minimum Gasteiger partial charge on any atom is -0.351 e. The number of hydrogen-bond donors (Lipinski definition) is 1. The van der Waals surface area contributed by atoms with Gasteiger partial charge in [0.05, 0.1) is 5.69 Å². The van der Waals surface area contributed by atoms with E-state index in [1.165, 1.54) is 16.9 Å². The number of aromatic nitrogens is 1.